The number of nitrogens with two attached hydrogens (primary N) is 1. The average molecular weight is 231 g/mol. The molecule has 0 bridgehead atoms. The van der Waals surface area contributed by atoms with Crippen LogP contribution in [0.15, 0.2) is 24.8 Å². The van der Waals surface area contributed by atoms with Gasteiger partial charge in [0.05, 0.1) is 12.7 Å². The second-order valence-corrected chi connectivity index (χ2v) is 3.22. The first-order valence-corrected chi connectivity index (χ1v) is 4.53. The molecule has 0 spiro atoms. The van der Waals surface area contributed by atoms with Crippen molar-refractivity contribution in [3.05, 3.63) is 35.9 Å². The molecule has 0 amide bonds. The fourth-order valence-electron chi connectivity index (χ4n) is 1.27. The van der Waals surface area contributed by atoms with E-state index in [2.05, 4.69) is 11.3 Å². The SMILES string of the molecule is C=C(CN)c1ccc(OC)c(C(F)(F)F)c1. The lowest BCUT2D eigenvalue weighted by atomic mass is 10.0. The molecule has 1 aromatic carbocycles. The van der Waals surface area contributed by atoms with Crippen LogP contribution < -0.4 is 10.5 Å². The summed E-state index contributed by atoms with van der Waals surface area (Å²) in [5.74, 6) is -0.207. The van der Waals surface area contributed by atoms with Crippen LogP contribution in [0.3, 0.4) is 0 Å². The molecule has 0 aliphatic carbocycles. The summed E-state index contributed by atoms with van der Waals surface area (Å²) in [5, 5.41) is 0. The molecular weight excluding hydrogens is 219 g/mol. The molecule has 0 aliphatic heterocycles. The van der Waals surface area contributed by atoms with E-state index in [-0.39, 0.29) is 12.3 Å². The summed E-state index contributed by atoms with van der Waals surface area (Å²) < 4.78 is 42.6. The van der Waals surface area contributed by atoms with Gasteiger partial charge in [-0.05, 0) is 23.3 Å². The number of hydrogen-bond acceptors (Lipinski definition) is 2. The Hall–Kier alpha value is -1.49. The largest absolute Gasteiger partial charge is 0.496 e. The summed E-state index contributed by atoms with van der Waals surface area (Å²) in [6.07, 6.45) is -4.45. The molecule has 0 aliphatic rings. The van der Waals surface area contributed by atoms with Crippen LogP contribution >= 0.6 is 0 Å². The van der Waals surface area contributed by atoms with E-state index in [0.29, 0.717) is 11.1 Å². The van der Waals surface area contributed by atoms with E-state index in [9.17, 15) is 13.2 Å². The van der Waals surface area contributed by atoms with Gasteiger partial charge >= 0.3 is 6.18 Å². The Bertz CT molecular complexity index is 399. The van der Waals surface area contributed by atoms with Gasteiger partial charge in [0.1, 0.15) is 5.75 Å². The Morgan fingerprint density at radius 2 is 2.06 bits per heavy atom. The molecule has 1 aromatic rings. The van der Waals surface area contributed by atoms with Gasteiger partial charge in [-0.3, -0.25) is 0 Å². The fraction of sp³-hybridized carbons (Fsp3) is 0.273. The van der Waals surface area contributed by atoms with Crippen molar-refractivity contribution in [1.29, 1.82) is 0 Å². The molecule has 0 aromatic heterocycles. The van der Waals surface area contributed by atoms with Crippen molar-refractivity contribution in [2.75, 3.05) is 13.7 Å². The van der Waals surface area contributed by atoms with E-state index in [1.165, 1.54) is 19.2 Å². The molecule has 5 heteroatoms. The highest BCUT2D eigenvalue weighted by Crippen LogP contribution is 2.37. The van der Waals surface area contributed by atoms with Gasteiger partial charge in [0.15, 0.2) is 0 Å². The summed E-state index contributed by atoms with van der Waals surface area (Å²) in [7, 11) is 1.20. The molecule has 1 rings (SSSR count). The molecule has 16 heavy (non-hydrogen) atoms. The van der Waals surface area contributed by atoms with Gasteiger partial charge in [0.25, 0.3) is 0 Å². The number of alkyl halides is 3. The number of methoxy groups -OCH3 is 1. The third-order valence-corrected chi connectivity index (χ3v) is 2.16. The minimum Gasteiger partial charge on any atom is -0.496 e. The molecular formula is C11H12F3NO. The van der Waals surface area contributed by atoms with E-state index in [1.54, 1.807) is 0 Å². The predicted molar refractivity (Wildman–Crippen MR) is 56.1 cm³/mol. The Morgan fingerprint density at radius 1 is 1.44 bits per heavy atom. The zero-order valence-corrected chi connectivity index (χ0v) is 8.77. The third-order valence-electron chi connectivity index (χ3n) is 2.16. The molecule has 2 N–H and O–H groups in total. The summed E-state index contributed by atoms with van der Waals surface area (Å²) in [4.78, 5) is 0. The van der Waals surface area contributed by atoms with Crippen LogP contribution in [0.4, 0.5) is 13.2 Å². The van der Waals surface area contributed by atoms with E-state index < -0.39 is 11.7 Å². The second-order valence-electron chi connectivity index (χ2n) is 3.22. The average Bonchev–Trinajstić information content (AvgIpc) is 2.26. The normalized spacial score (nSPS) is 11.3. The lowest BCUT2D eigenvalue weighted by molar-refractivity contribution is -0.138. The molecule has 0 atom stereocenters. The van der Waals surface area contributed by atoms with E-state index in [0.717, 1.165) is 6.07 Å². The van der Waals surface area contributed by atoms with E-state index >= 15 is 0 Å². The molecule has 0 unspecified atom stereocenters. The minimum absolute atomic E-state index is 0.115. The Kier molecular flexibility index (Phi) is 3.59. The maximum absolute atomic E-state index is 12.6. The second kappa shape index (κ2) is 4.57. The maximum Gasteiger partial charge on any atom is 0.419 e. The first-order valence-electron chi connectivity index (χ1n) is 4.53. The number of hydrogen-bond donors (Lipinski definition) is 1. The minimum atomic E-state index is -4.45. The quantitative estimate of drug-likeness (QED) is 0.868. The first kappa shape index (κ1) is 12.6. The van der Waals surface area contributed by atoms with Gasteiger partial charge in [-0.1, -0.05) is 12.6 Å². The molecule has 0 radical (unpaired) electrons. The highest BCUT2D eigenvalue weighted by Gasteiger charge is 2.34. The molecule has 0 fully saturated rings. The van der Waals surface area contributed by atoms with Crippen LogP contribution in [-0.4, -0.2) is 13.7 Å². The van der Waals surface area contributed by atoms with Crippen LogP contribution in [0, 0.1) is 0 Å². The molecule has 88 valence electrons. The van der Waals surface area contributed by atoms with Crippen molar-refractivity contribution in [2.24, 2.45) is 5.73 Å². The van der Waals surface area contributed by atoms with Crippen molar-refractivity contribution >= 4 is 5.57 Å². The lowest BCUT2D eigenvalue weighted by Crippen LogP contribution is -2.09. The number of ether oxygens (including phenoxy) is 1. The zero-order chi connectivity index (χ0) is 12.3. The van der Waals surface area contributed by atoms with Crippen LogP contribution in [0.5, 0.6) is 5.75 Å². The summed E-state index contributed by atoms with van der Waals surface area (Å²) in [6.45, 7) is 3.70. The number of benzene rings is 1. The summed E-state index contributed by atoms with van der Waals surface area (Å²) in [6, 6.07) is 3.76. The molecule has 0 saturated heterocycles. The van der Waals surface area contributed by atoms with Crippen molar-refractivity contribution < 1.29 is 17.9 Å². The van der Waals surface area contributed by atoms with Crippen molar-refractivity contribution in [3.63, 3.8) is 0 Å². The first-order chi connectivity index (χ1) is 7.40. The van der Waals surface area contributed by atoms with Crippen LogP contribution in [0.2, 0.25) is 0 Å². The van der Waals surface area contributed by atoms with Crippen LogP contribution in [-0.2, 0) is 6.18 Å². The molecule has 0 heterocycles. The molecule has 0 saturated carbocycles. The predicted octanol–water partition coefficient (Wildman–Crippen LogP) is 2.69. The molecule has 2 nitrogen and oxygen atoms in total. The number of halogens is 3. The highest BCUT2D eigenvalue weighted by atomic mass is 19.4. The lowest BCUT2D eigenvalue weighted by Gasteiger charge is -2.13. The Labute approximate surface area is 91.5 Å². The summed E-state index contributed by atoms with van der Waals surface area (Å²) in [5.41, 5.74) is 5.33. The summed E-state index contributed by atoms with van der Waals surface area (Å²) >= 11 is 0. The van der Waals surface area contributed by atoms with Crippen molar-refractivity contribution in [1.82, 2.24) is 0 Å². The zero-order valence-electron chi connectivity index (χ0n) is 8.77. The van der Waals surface area contributed by atoms with Gasteiger partial charge < -0.3 is 10.5 Å². The van der Waals surface area contributed by atoms with Crippen molar-refractivity contribution in [3.8, 4) is 5.75 Å². The van der Waals surface area contributed by atoms with Gasteiger partial charge in [-0.2, -0.15) is 13.2 Å². The van der Waals surface area contributed by atoms with E-state index in [1.807, 2.05) is 0 Å². The third kappa shape index (κ3) is 2.55. The Balaban J connectivity index is 3.27. The maximum atomic E-state index is 12.6. The smallest absolute Gasteiger partial charge is 0.419 e. The van der Waals surface area contributed by atoms with Gasteiger partial charge in [0.2, 0.25) is 0 Å². The topological polar surface area (TPSA) is 35.2 Å². The van der Waals surface area contributed by atoms with Crippen LogP contribution in [0.1, 0.15) is 11.1 Å². The number of rotatable bonds is 3. The Morgan fingerprint density at radius 3 is 2.50 bits per heavy atom. The highest BCUT2D eigenvalue weighted by molar-refractivity contribution is 5.66. The fourth-order valence-corrected chi connectivity index (χ4v) is 1.27. The van der Waals surface area contributed by atoms with Crippen molar-refractivity contribution in [2.45, 2.75) is 6.18 Å². The van der Waals surface area contributed by atoms with Crippen LogP contribution in [0.25, 0.3) is 5.57 Å². The standard InChI is InChI=1S/C11H12F3NO/c1-7(6-15)8-3-4-10(16-2)9(5-8)11(12,13)14/h3-5H,1,6,15H2,2H3. The monoisotopic (exact) mass is 231 g/mol. The van der Waals surface area contributed by atoms with E-state index in [4.69, 9.17) is 5.73 Å². The van der Waals surface area contributed by atoms with Gasteiger partial charge in [-0.25, -0.2) is 0 Å². The van der Waals surface area contributed by atoms with Gasteiger partial charge in [0, 0.05) is 6.54 Å². The van der Waals surface area contributed by atoms with Gasteiger partial charge in [-0.15, -0.1) is 0 Å².